The summed E-state index contributed by atoms with van der Waals surface area (Å²) >= 11 is 4.22. The maximum atomic E-state index is 4.22. The van der Waals surface area contributed by atoms with Gasteiger partial charge < -0.3 is 0 Å². The summed E-state index contributed by atoms with van der Waals surface area (Å²) in [6, 6.07) is 0. The molecule has 0 fully saturated rings. The Morgan fingerprint density at radius 3 is 1.40 bits per heavy atom. The molecule has 0 nitrogen and oxygen atoms in total. The van der Waals surface area contributed by atoms with Gasteiger partial charge in [0.05, 0.1) is 0 Å². The Morgan fingerprint density at radius 2 is 0.920 bits per heavy atom. The Balaban J connectivity index is 0. The van der Waals surface area contributed by atoms with E-state index in [1.165, 1.54) is 103 Å². The summed E-state index contributed by atoms with van der Waals surface area (Å²) in [6.45, 7) is 9.32. The van der Waals surface area contributed by atoms with Crippen LogP contribution in [0, 0.1) is 5.41 Å². The predicted molar refractivity (Wildman–Crippen MR) is 131 cm³/mol. The molecule has 3 heteroatoms. The van der Waals surface area contributed by atoms with Crippen molar-refractivity contribution in [2.24, 2.45) is 5.41 Å². The van der Waals surface area contributed by atoms with Gasteiger partial charge in [0, 0.05) is 4.07 Å². The zero-order valence-corrected chi connectivity index (χ0v) is 22.1. The first kappa shape index (κ1) is 28.6. The van der Waals surface area contributed by atoms with Gasteiger partial charge in [-0.25, -0.2) is 0 Å². The van der Waals surface area contributed by atoms with Gasteiger partial charge >= 0.3 is 0 Å². The van der Waals surface area contributed by atoms with E-state index in [-0.39, 0.29) is 21.0 Å². The third-order valence-corrected chi connectivity index (χ3v) is 7.94. The lowest BCUT2D eigenvalue weighted by molar-refractivity contribution is 0.171. The quantitative estimate of drug-likeness (QED) is 0.106. The molecule has 0 amide bonds. The third-order valence-electron chi connectivity index (χ3n) is 5.80. The summed E-state index contributed by atoms with van der Waals surface area (Å²) in [4.78, 5) is 0. The van der Waals surface area contributed by atoms with Gasteiger partial charge in [0.15, 0.2) is 0 Å². The molecule has 0 saturated heterocycles. The van der Waals surface area contributed by atoms with Crippen molar-refractivity contribution in [2.45, 2.75) is 134 Å². The number of hydrogen-bond donors (Lipinski definition) is 0. The number of halogens is 2. The van der Waals surface area contributed by atoms with Gasteiger partial charge in [0.25, 0.3) is 0 Å². The topological polar surface area (TPSA) is 0 Å². The standard InChI is InChI=1S/C22H46BrP.BrH/c1-5-9-13-14-15-16-19-21(17-10-6-2,18-11-7-3)22(23,24)20-12-8-4;/h5-20,24H2,1-4H3;1H. The highest BCUT2D eigenvalue weighted by molar-refractivity contribution is 9.11. The lowest BCUT2D eigenvalue weighted by atomic mass is 9.70. The summed E-state index contributed by atoms with van der Waals surface area (Å²) in [7, 11) is 3.26. The van der Waals surface area contributed by atoms with E-state index in [1.807, 2.05) is 0 Å². The molecule has 0 aromatic heterocycles. The minimum Gasteiger partial charge on any atom is -0.119 e. The Labute approximate surface area is 181 Å². The highest BCUT2D eigenvalue weighted by Gasteiger charge is 2.44. The maximum absolute atomic E-state index is 4.22. The van der Waals surface area contributed by atoms with Gasteiger partial charge in [-0.05, 0) is 31.1 Å². The first-order chi connectivity index (χ1) is 11.5. The fourth-order valence-electron chi connectivity index (χ4n) is 3.97. The Hall–Kier alpha value is 1.39. The van der Waals surface area contributed by atoms with Gasteiger partial charge in [-0.15, -0.1) is 26.2 Å². The van der Waals surface area contributed by atoms with Crippen molar-refractivity contribution in [1.29, 1.82) is 0 Å². The summed E-state index contributed by atoms with van der Waals surface area (Å²) in [5.74, 6) is 0. The molecule has 0 aliphatic carbocycles. The molecular weight excluding hydrogens is 455 g/mol. The molecule has 25 heavy (non-hydrogen) atoms. The van der Waals surface area contributed by atoms with Gasteiger partial charge in [0.1, 0.15) is 0 Å². The molecule has 0 aliphatic heterocycles. The van der Waals surface area contributed by atoms with Crippen molar-refractivity contribution < 1.29 is 0 Å². The Bertz CT molecular complexity index is 271. The third kappa shape index (κ3) is 11.7. The predicted octanol–water partition coefficient (Wildman–Crippen LogP) is 9.84. The van der Waals surface area contributed by atoms with Crippen molar-refractivity contribution in [3.8, 4) is 0 Å². The van der Waals surface area contributed by atoms with Crippen LogP contribution in [0.2, 0.25) is 0 Å². The monoisotopic (exact) mass is 500 g/mol. The summed E-state index contributed by atoms with van der Waals surface area (Å²) in [5, 5.41) is 0. The van der Waals surface area contributed by atoms with E-state index in [0.29, 0.717) is 5.41 Å². The molecule has 0 radical (unpaired) electrons. The van der Waals surface area contributed by atoms with Crippen molar-refractivity contribution >= 4 is 42.2 Å². The SMILES string of the molecule is Br.CCCCCCCCC(CCCC)(CCCC)C(P)(Br)CCCC. The normalized spacial score (nSPS) is 14.2. The molecule has 2 atom stereocenters. The lowest BCUT2D eigenvalue weighted by Crippen LogP contribution is -2.39. The zero-order valence-electron chi connectivity index (χ0n) is 17.7. The van der Waals surface area contributed by atoms with Crippen LogP contribution in [0.5, 0.6) is 0 Å². The summed E-state index contributed by atoms with van der Waals surface area (Å²) in [6.07, 6.45) is 22.1. The van der Waals surface area contributed by atoms with E-state index in [0.717, 1.165) is 0 Å². The fraction of sp³-hybridized carbons (Fsp3) is 1.00. The second-order valence-corrected chi connectivity index (χ2v) is 11.2. The highest BCUT2D eigenvalue weighted by Crippen LogP contribution is 2.56. The van der Waals surface area contributed by atoms with E-state index in [1.54, 1.807) is 0 Å². The van der Waals surface area contributed by atoms with Gasteiger partial charge in [-0.1, -0.05) is 121 Å². The van der Waals surface area contributed by atoms with E-state index >= 15 is 0 Å². The van der Waals surface area contributed by atoms with Crippen LogP contribution in [0.4, 0.5) is 0 Å². The highest BCUT2D eigenvalue weighted by atomic mass is 79.9. The second kappa shape index (κ2) is 17.5. The van der Waals surface area contributed by atoms with Crippen LogP contribution < -0.4 is 0 Å². The smallest absolute Gasteiger partial charge is 0.0453 e. The minimum absolute atomic E-state index is 0. The molecule has 0 heterocycles. The number of rotatable bonds is 17. The first-order valence-corrected chi connectivity index (χ1v) is 12.3. The maximum Gasteiger partial charge on any atom is 0.0453 e. The zero-order chi connectivity index (χ0) is 18.3. The molecule has 0 spiro atoms. The average Bonchev–Trinajstić information content (AvgIpc) is 2.57. The van der Waals surface area contributed by atoms with Crippen LogP contribution in [0.15, 0.2) is 0 Å². The van der Waals surface area contributed by atoms with Crippen molar-refractivity contribution in [3.63, 3.8) is 0 Å². The minimum atomic E-state index is 0. The number of alkyl halides is 1. The van der Waals surface area contributed by atoms with Crippen LogP contribution in [-0.4, -0.2) is 4.07 Å². The van der Waals surface area contributed by atoms with Crippen LogP contribution in [-0.2, 0) is 0 Å². The lowest BCUT2D eigenvalue weighted by Gasteiger charge is -2.47. The number of hydrogen-bond acceptors (Lipinski definition) is 0. The van der Waals surface area contributed by atoms with Crippen molar-refractivity contribution in [2.75, 3.05) is 0 Å². The molecule has 0 aromatic carbocycles. The van der Waals surface area contributed by atoms with Crippen molar-refractivity contribution in [3.05, 3.63) is 0 Å². The molecule has 0 aliphatic rings. The van der Waals surface area contributed by atoms with Crippen LogP contribution in [0.3, 0.4) is 0 Å². The molecule has 154 valence electrons. The number of unbranched alkanes of at least 4 members (excludes halogenated alkanes) is 8. The van der Waals surface area contributed by atoms with Crippen LogP contribution in [0.25, 0.3) is 0 Å². The largest absolute Gasteiger partial charge is 0.119 e. The van der Waals surface area contributed by atoms with Gasteiger partial charge in [-0.3, -0.25) is 0 Å². The molecular formula is C22H47Br2P. The van der Waals surface area contributed by atoms with Gasteiger partial charge in [0.2, 0.25) is 0 Å². The van der Waals surface area contributed by atoms with E-state index in [9.17, 15) is 0 Å². The van der Waals surface area contributed by atoms with Crippen LogP contribution in [0.1, 0.15) is 130 Å². The van der Waals surface area contributed by atoms with Crippen molar-refractivity contribution in [1.82, 2.24) is 0 Å². The molecule has 0 aromatic rings. The fourth-order valence-corrected chi connectivity index (χ4v) is 5.48. The Morgan fingerprint density at radius 1 is 0.560 bits per heavy atom. The molecule has 0 bridgehead atoms. The van der Waals surface area contributed by atoms with E-state index < -0.39 is 0 Å². The second-order valence-electron chi connectivity index (χ2n) is 7.97. The van der Waals surface area contributed by atoms with E-state index in [4.69, 9.17) is 0 Å². The molecule has 0 N–H and O–H groups in total. The summed E-state index contributed by atoms with van der Waals surface area (Å²) < 4.78 is 0.240. The van der Waals surface area contributed by atoms with E-state index in [2.05, 4.69) is 52.9 Å². The Kier molecular flexibility index (Phi) is 20.0. The molecule has 2 unspecified atom stereocenters. The van der Waals surface area contributed by atoms with Gasteiger partial charge in [-0.2, -0.15) is 0 Å². The van der Waals surface area contributed by atoms with Crippen LogP contribution >= 0.6 is 42.2 Å². The molecule has 0 rings (SSSR count). The average molecular weight is 502 g/mol. The summed E-state index contributed by atoms with van der Waals surface area (Å²) in [5.41, 5.74) is 0.476. The molecule has 0 saturated carbocycles. The first-order valence-electron chi connectivity index (χ1n) is 11.0.